The summed E-state index contributed by atoms with van der Waals surface area (Å²) in [6.07, 6.45) is 6.80. The zero-order valence-electron chi connectivity index (χ0n) is 10.2. The molecule has 0 heterocycles. The molecule has 0 saturated heterocycles. The summed E-state index contributed by atoms with van der Waals surface area (Å²) < 4.78 is 13.2. The van der Waals surface area contributed by atoms with Gasteiger partial charge in [-0.1, -0.05) is 30.4 Å². The van der Waals surface area contributed by atoms with Crippen LogP contribution in [0.5, 0.6) is 0 Å². The summed E-state index contributed by atoms with van der Waals surface area (Å²) in [7, 11) is 3.34. The van der Waals surface area contributed by atoms with E-state index in [0.717, 1.165) is 20.1 Å². The summed E-state index contributed by atoms with van der Waals surface area (Å²) >= 11 is 7.12. The lowest BCUT2D eigenvalue weighted by molar-refractivity contribution is -0.159. The van der Waals surface area contributed by atoms with Crippen molar-refractivity contribution < 1.29 is 9.47 Å². The van der Waals surface area contributed by atoms with Gasteiger partial charge in [0.25, 0.3) is 0 Å². The molecule has 0 spiro atoms. The van der Waals surface area contributed by atoms with Crippen LogP contribution >= 0.6 is 31.9 Å². The summed E-state index contributed by atoms with van der Waals surface area (Å²) in [5, 5.41) is 0. The van der Waals surface area contributed by atoms with Crippen LogP contribution < -0.4 is 0 Å². The molecule has 0 aliphatic heterocycles. The third-order valence-electron chi connectivity index (χ3n) is 3.10. The van der Waals surface area contributed by atoms with Gasteiger partial charge in [0.05, 0.1) is 0 Å². The van der Waals surface area contributed by atoms with Gasteiger partial charge in [-0.15, -0.1) is 0 Å². The van der Waals surface area contributed by atoms with E-state index in [1.165, 1.54) is 0 Å². The molecule has 1 aromatic carbocycles. The van der Waals surface area contributed by atoms with Gasteiger partial charge in [0.15, 0.2) is 5.79 Å². The molecule has 0 bridgehead atoms. The molecule has 0 radical (unpaired) electrons. The minimum absolute atomic E-state index is 0.699. The Hall–Kier alpha value is -0.420. The van der Waals surface area contributed by atoms with Crippen molar-refractivity contribution in [2.45, 2.75) is 12.2 Å². The Kier molecular flexibility index (Phi) is 4.43. The van der Waals surface area contributed by atoms with Crippen molar-refractivity contribution in [3.8, 4) is 0 Å². The zero-order valence-corrected chi connectivity index (χ0v) is 13.4. The van der Waals surface area contributed by atoms with E-state index in [1.807, 2.05) is 36.4 Å². The van der Waals surface area contributed by atoms with Crippen molar-refractivity contribution in [2.24, 2.45) is 0 Å². The number of allylic oxidation sites excluding steroid dienone is 2. The van der Waals surface area contributed by atoms with E-state index in [-0.39, 0.29) is 0 Å². The minimum atomic E-state index is -0.710. The predicted molar refractivity (Wildman–Crippen MR) is 80.3 cm³/mol. The van der Waals surface area contributed by atoms with Gasteiger partial charge in [-0.05, 0) is 43.5 Å². The van der Waals surface area contributed by atoms with Crippen LogP contribution in [0.25, 0.3) is 5.57 Å². The number of ether oxygens (including phenoxy) is 2. The van der Waals surface area contributed by atoms with E-state index in [4.69, 9.17) is 9.47 Å². The first-order valence-electron chi connectivity index (χ1n) is 5.56. The lowest BCUT2D eigenvalue weighted by Crippen LogP contribution is -2.35. The van der Waals surface area contributed by atoms with E-state index < -0.39 is 5.79 Å². The van der Waals surface area contributed by atoms with Crippen LogP contribution in [0.2, 0.25) is 0 Å². The van der Waals surface area contributed by atoms with E-state index in [0.29, 0.717) is 6.42 Å². The number of halogens is 2. The molecule has 0 unspecified atom stereocenters. The maximum absolute atomic E-state index is 5.61. The number of hydrogen-bond acceptors (Lipinski definition) is 2. The Labute approximate surface area is 124 Å². The van der Waals surface area contributed by atoms with Gasteiger partial charge in [-0.25, -0.2) is 0 Å². The van der Waals surface area contributed by atoms with Crippen molar-refractivity contribution in [3.63, 3.8) is 0 Å². The van der Waals surface area contributed by atoms with Crippen molar-refractivity contribution in [2.75, 3.05) is 14.2 Å². The molecule has 0 fully saturated rings. The molecule has 1 aliphatic rings. The van der Waals surface area contributed by atoms with Crippen molar-refractivity contribution >= 4 is 37.4 Å². The normalized spacial score (nSPS) is 17.7. The van der Waals surface area contributed by atoms with Gasteiger partial charge in [-0.2, -0.15) is 0 Å². The first kappa shape index (κ1) is 14.0. The molecule has 0 amide bonds. The highest BCUT2D eigenvalue weighted by molar-refractivity contribution is 9.13. The number of methoxy groups -OCH3 is 2. The largest absolute Gasteiger partial charge is 0.349 e. The highest BCUT2D eigenvalue weighted by Gasteiger charge is 2.36. The second-order valence-corrected chi connectivity index (χ2v) is 5.62. The quantitative estimate of drug-likeness (QED) is 0.724. The van der Waals surface area contributed by atoms with Crippen molar-refractivity contribution in [1.82, 2.24) is 0 Å². The molecule has 2 nitrogen and oxygen atoms in total. The topological polar surface area (TPSA) is 18.5 Å². The molecular weight excluding hydrogens is 360 g/mol. The fourth-order valence-electron chi connectivity index (χ4n) is 2.10. The molecule has 96 valence electrons. The third kappa shape index (κ3) is 2.35. The van der Waals surface area contributed by atoms with Gasteiger partial charge in [0.1, 0.15) is 0 Å². The summed E-state index contributed by atoms with van der Waals surface area (Å²) in [5.41, 5.74) is 2.08. The maximum atomic E-state index is 5.61. The Morgan fingerprint density at radius 2 is 1.89 bits per heavy atom. The van der Waals surface area contributed by atoms with Crippen molar-refractivity contribution in [1.29, 1.82) is 0 Å². The van der Waals surface area contributed by atoms with Gasteiger partial charge < -0.3 is 9.47 Å². The fourth-order valence-corrected chi connectivity index (χ4v) is 2.95. The van der Waals surface area contributed by atoms with Crippen molar-refractivity contribution in [3.05, 3.63) is 50.9 Å². The van der Waals surface area contributed by atoms with E-state index in [1.54, 1.807) is 14.2 Å². The second kappa shape index (κ2) is 5.70. The van der Waals surface area contributed by atoms with Gasteiger partial charge in [-0.3, -0.25) is 0 Å². The summed E-state index contributed by atoms with van der Waals surface area (Å²) in [4.78, 5) is 0. The molecule has 4 heteroatoms. The first-order chi connectivity index (χ1) is 8.64. The highest BCUT2D eigenvalue weighted by atomic mass is 79.9. The van der Waals surface area contributed by atoms with Gasteiger partial charge >= 0.3 is 0 Å². The minimum Gasteiger partial charge on any atom is -0.349 e. The molecule has 18 heavy (non-hydrogen) atoms. The third-order valence-corrected chi connectivity index (χ3v) is 5.14. The van der Waals surface area contributed by atoms with Crippen LogP contribution in [0.4, 0.5) is 0 Å². The number of hydrogen-bond donors (Lipinski definition) is 0. The van der Waals surface area contributed by atoms with E-state index in [2.05, 4.69) is 31.9 Å². The molecule has 1 aliphatic carbocycles. The summed E-state index contributed by atoms with van der Waals surface area (Å²) in [6, 6.07) is 6.04. The standard InChI is InChI=1S/C14H14Br2O2/c1-17-14(18-2)9-4-3-7-11(14)10-6-5-8-12(15)13(10)16/h3-8H,9H2,1-2H3. The Bertz CT molecular complexity index is 503. The average Bonchev–Trinajstić information content (AvgIpc) is 2.42. The smallest absolute Gasteiger partial charge is 0.198 e. The fraction of sp³-hybridized carbons (Fsp3) is 0.286. The summed E-state index contributed by atoms with van der Waals surface area (Å²) in [6.45, 7) is 0. The van der Waals surface area contributed by atoms with Gasteiger partial charge in [0.2, 0.25) is 0 Å². The highest BCUT2D eigenvalue weighted by Crippen LogP contribution is 2.41. The van der Waals surface area contributed by atoms with Gasteiger partial charge in [0, 0.05) is 35.2 Å². The van der Waals surface area contributed by atoms with Crippen LogP contribution in [-0.2, 0) is 9.47 Å². The molecule has 0 atom stereocenters. The molecule has 1 aromatic rings. The zero-order chi connectivity index (χ0) is 13.2. The van der Waals surface area contributed by atoms with Crippen LogP contribution in [0.3, 0.4) is 0 Å². The lowest BCUT2D eigenvalue weighted by atomic mass is 9.91. The maximum Gasteiger partial charge on any atom is 0.198 e. The van der Waals surface area contributed by atoms with Crippen LogP contribution in [0.15, 0.2) is 45.4 Å². The lowest BCUT2D eigenvalue weighted by Gasteiger charge is -2.34. The Morgan fingerprint density at radius 3 is 2.56 bits per heavy atom. The average molecular weight is 374 g/mol. The SMILES string of the molecule is COC1(OC)CC=CC=C1c1cccc(Br)c1Br. The molecule has 0 aromatic heterocycles. The molecule has 2 rings (SSSR count). The number of benzene rings is 1. The second-order valence-electron chi connectivity index (χ2n) is 3.98. The monoisotopic (exact) mass is 372 g/mol. The summed E-state index contributed by atoms with van der Waals surface area (Å²) in [5.74, 6) is -0.710. The number of rotatable bonds is 3. The first-order valence-corrected chi connectivity index (χ1v) is 7.15. The molecule has 0 saturated carbocycles. The van der Waals surface area contributed by atoms with E-state index in [9.17, 15) is 0 Å². The molecule has 0 N–H and O–H groups in total. The Morgan fingerprint density at radius 1 is 1.17 bits per heavy atom. The van der Waals surface area contributed by atoms with E-state index >= 15 is 0 Å². The molecular formula is C14H14Br2O2. The van der Waals surface area contributed by atoms with Crippen LogP contribution in [-0.4, -0.2) is 20.0 Å². The predicted octanol–water partition coefficient (Wildman–Crippen LogP) is 4.54. The van der Waals surface area contributed by atoms with Crippen LogP contribution in [0, 0.1) is 0 Å². The Balaban J connectivity index is 2.56. The van der Waals surface area contributed by atoms with Crippen LogP contribution in [0.1, 0.15) is 12.0 Å².